The second-order valence-electron chi connectivity index (χ2n) is 4.00. The Labute approximate surface area is 115 Å². The maximum absolute atomic E-state index is 11.7. The molecule has 0 amide bonds. The Hall–Kier alpha value is -1.16. The molecule has 0 aliphatic rings. The van der Waals surface area contributed by atoms with Crippen LogP contribution in [-0.2, 0) is 13.6 Å². The third-order valence-electron chi connectivity index (χ3n) is 2.53. The number of rotatable bonds is 9. The van der Waals surface area contributed by atoms with E-state index in [2.05, 4.69) is 5.16 Å². The highest BCUT2D eigenvalue weighted by Crippen LogP contribution is 2.34. The Morgan fingerprint density at radius 2 is 2.21 bits per heavy atom. The summed E-state index contributed by atoms with van der Waals surface area (Å²) in [6.07, 6.45) is 3.07. The zero-order chi connectivity index (χ0) is 13.9. The molecule has 0 fully saturated rings. The van der Waals surface area contributed by atoms with E-state index in [9.17, 15) is 4.57 Å². The Kier molecular flexibility index (Phi) is 8.14. The van der Waals surface area contributed by atoms with Crippen molar-refractivity contribution in [3.05, 3.63) is 35.9 Å². The lowest BCUT2D eigenvalue weighted by Gasteiger charge is -2.15. The highest BCUT2D eigenvalue weighted by Gasteiger charge is 2.14. The van der Waals surface area contributed by atoms with Crippen molar-refractivity contribution in [1.82, 2.24) is 0 Å². The van der Waals surface area contributed by atoms with Crippen LogP contribution in [0.2, 0.25) is 0 Å². The Balaban J connectivity index is 0.00000361. The van der Waals surface area contributed by atoms with Crippen molar-refractivity contribution in [2.24, 2.45) is 5.16 Å². The fraction of sp³-hybridized carbons (Fsp3) is 0.462. The van der Waals surface area contributed by atoms with Gasteiger partial charge in [-0.05, 0) is 12.0 Å². The summed E-state index contributed by atoms with van der Waals surface area (Å²) in [5.74, 6) is 0. The lowest BCUT2D eigenvalue weighted by atomic mass is 10.1. The topological polar surface area (TPSA) is 68.1 Å². The smallest absolute Gasteiger partial charge is 0.411 e. The first-order valence-corrected chi connectivity index (χ1v) is 7.54. The summed E-state index contributed by atoms with van der Waals surface area (Å²) in [6.45, 7) is 2.47. The van der Waals surface area contributed by atoms with E-state index in [1.165, 1.54) is 6.21 Å². The predicted octanol–water partition coefficient (Wildman–Crippen LogP) is 3.91. The van der Waals surface area contributed by atoms with Crippen LogP contribution in [0.1, 0.15) is 39.3 Å². The number of nitrogens with zero attached hydrogens (tertiary/aromatic N) is 1. The second kappa shape index (κ2) is 9.73. The first-order valence-electron chi connectivity index (χ1n) is 6.32. The molecule has 0 aliphatic carbocycles. The van der Waals surface area contributed by atoms with E-state index in [1.807, 2.05) is 37.3 Å². The van der Waals surface area contributed by atoms with E-state index >= 15 is 0 Å². The van der Waals surface area contributed by atoms with Crippen molar-refractivity contribution in [3.8, 4) is 0 Å². The molecule has 106 valence electrons. The van der Waals surface area contributed by atoms with Crippen LogP contribution in [0.3, 0.4) is 0 Å². The van der Waals surface area contributed by atoms with Gasteiger partial charge in [-0.25, -0.2) is 0 Å². The van der Waals surface area contributed by atoms with Crippen molar-refractivity contribution in [3.63, 3.8) is 0 Å². The highest BCUT2D eigenvalue weighted by atomic mass is 31.1. The summed E-state index contributed by atoms with van der Waals surface area (Å²) < 4.78 is 22.2. The quantitative estimate of drug-likeness (QED) is 0.246. The summed E-state index contributed by atoms with van der Waals surface area (Å²) >= 11 is 0. The molecule has 5 nitrogen and oxygen atoms in total. The van der Waals surface area contributed by atoms with Gasteiger partial charge in [-0.15, -0.1) is 5.16 Å². The molecule has 19 heavy (non-hydrogen) atoms. The van der Waals surface area contributed by atoms with Gasteiger partial charge < -0.3 is 14.3 Å². The van der Waals surface area contributed by atoms with E-state index in [4.69, 9.17) is 14.3 Å². The van der Waals surface area contributed by atoms with E-state index in [0.717, 1.165) is 18.4 Å². The molecule has 0 saturated heterocycles. The molecule has 0 aliphatic heterocycles. The summed E-state index contributed by atoms with van der Waals surface area (Å²) in [5.41, 5.74) is 0.875. The first-order chi connectivity index (χ1) is 9.27. The standard InChI is InChI=1S/C13H20NO4P/c1-2-3-11-17-19(16)18-13(9-10-14-15)12-7-5-4-6-8-12/h4-8,10,13,15,19H,2-3,9,11H2,1H3/p+1. The number of oxime groups is 1. The molecular weight excluding hydrogens is 265 g/mol. The van der Waals surface area contributed by atoms with Gasteiger partial charge in [0.25, 0.3) is 0 Å². The molecule has 0 spiro atoms. The molecule has 0 saturated carbocycles. The average molecular weight is 286 g/mol. The summed E-state index contributed by atoms with van der Waals surface area (Å²) in [7, 11) is -2.53. The molecule has 0 bridgehead atoms. The maximum atomic E-state index is 11.7. The van der Waals surface area contributed by atoms with Gasteiger partial charge in [-0.3, -0.25) is 4.57 Å². The fourth-order valence-corrected chi connectivity index (χ4v) is 2.36. The van der Waals surface area contributed by atoms with E-state index in [-0.39, 0.29) is 1.43 Å². The van der Waals surface area contributed by atoms with Crippen LogP contribution in [-0.4, -0.2) is 18.0 Å². The lowest BCUT2D eigenvalue weighted by Crippen LogP contribution is -2.02. The Morgan fingerprint density at radius 1 is 1.47 bits per heavy atom. The lowest BCUT2D eigenvalue weighted by molar-refractivity contribution is 0.168. The third kappa shape index (κ3) is 6.53. The third-order valence-corrected chi connectivity index (χ3v) is 3.45. The molecule has 0 heterocycles. The molecule has 1 rings (SSSR count). The van der Waals surface area contributed by atoms with Crippen molar-refractivity contribution >= 4 is 14.5 Å². The maximum Gasteiger partial charge on any atom is 1.00 e. The number of hydrogen-bond donors (Lipinski definition) is 1. The molecular formula is C13H21NO4P+. The van der Waals surface area contributed by atoms with Crippen LogP contribution >= 0.6 is 8.25 Å². The summed E-state index contributed by atoms with van der Waals surface area (Å²) in [6, 6.07) is 9.38. The van der Waals surface area contributed by atoms with E-state index in [1.54, 1.807) is 0 Å². The van der Waals surface area contributed by atoms with E-state index < -0.39 is 14.4 Å². The zero-order valence-electron chi connectivity index (χ0n) is 12.0. The second-order valence-corrected chi connectivity index (χ2v) is 5.03. The van der Waals surface area contributed by atoms with Crippen molar-refractivity contribution in [2.45, 2.75) is 32.3 Å². The number of unbranched alkanes of at least 4 members (excludes halogenated alkanes) is 1. The van der Waals surface area contributed by atoms with Gasteiger partial charge in [-0.2, -0.15) is 0 Å². The highest BCUT2D eigenvalue weighted by molar-refractivity contribution is 7.33. The number of benzene rings is 1. The van der Waals surface area contributed by atoms with Crippen molar-refractivity contribution < 1.29 is 20.2 Å². The Bertz CT molecular complexity index is 403. The molecule has 1 aromatic carbocycles. The van der Waals surface area contributed by atoms with Crippen LogP contribution in [0.4, 0.5) is 0 Å². The molecule has 0 aromatic heterocycles. The minimum absolute atomic E-state index is 0. The van der Waals surface area contributed by atoms with Crippen LogP contribution in [0.25, 0.3) is 0 Å². The van der Waals surface area contributed by atoms with Gasteiger partial charge >= 0.3 is 9.68 Å². The van der Waals surface area contributed by atoms with Gasteiger partial charge in [-0.1, -0.05) is 43.7 Å². The largest absolute Gasteiger partial charge is 1.00 e. The molecule has 2 atom stereocenters. The molecule has 0 radical (unpaired) electrons. The van der Waals surface area contributed by atoms with Crippen LogP contribution < -0.4 is 0 Å². The van der Waals surface area contributed by atoms with Gasteiger partial charge in [0, 0.05) is 12.6 Å². The molecule has 6 heteroatoms. The van der Waals surface area contributed by atoms with Crippen LogP contribution in [0.15, 0.2) is 35.5 Å². The van der Waals surface area contributed by atoms with Crippen molar-refractivity contribution in [2.75, 3.05) is 6.61 Å². The fourth-order valence-electron chi connectivity index (χ4n) is 1.51. The van der Waals surface area contributed by atoms with Crippen LogP contribution in [0.5, 0.6) is 0 Å². The Morgan fingerprint density at radius 3 is 2.84 bits per heavy atom. The van der Waals surface area contributed by atoms with Gasteiger partial charge in [0.15, 0.2) is 0 Å². The normalized spacial score (nSPS) is 14.6. The van der Waals surface area contributed by atoms with Gasteiger partial charge in [0.1, 0.15) is 0 Å². The van der Waals surface area contributed by atoms with Gasteiger partial charge in [0.05, 0.1) is 12.7 Å². The van der Waals surface area contributed by atoms with Crippen LogP contribution in [0, 0.1) is 0 Å². The summed E-state index contributed by atoms with van der Waals surface area (Å²) in [4.78, 5) is 0. The minimum Gasteiger partial charge on any atom is -0.411 e. The zero-order valence-corrected chi connectivity index (χ0v) is 12.0. The SMILES string of the molecule is CCCCO[PH](=O)OC(CC=NO)c1ccccc1.[H+]. The minimum atomic E-state index is -2.53. The monoisotopic (exact) mass is 286 g/mol. The molecule has 1 N–H and O–H groups in total. The number of hydrogen-bond acceptors (Lipinski definition) is 5. The van der Waals surface area contributed by atoms with E-state index in [0.29, 0.717) is 13.0 Å². The molecule has 1 aromatic rings. The predicted molar refractivity (Wildman–Crippen MR) is 76.1 cm³/mol. The van der Waals surface area contributed by atoms with Gasteiger partial charge in [0.2, 0.25) is 0 Å². The van der Waals surface area contributed by atoms with Crippen molar-refractivity contribution in [1.29, 1.82) is 0 Å². The molecule has 2 unspecified atom stereocenters. The first kappa shape index (κ1) is 15.9. The average Bonchev–Trinajstić information content (AvgIpc) is 2.44. The summed E-state index contributed by atoms with van der Waals surface area (Å²) in [5, 5.41) is 11.4.